The van der Waals surface area contributed by atoms with E-state index in [1.807, 2.05) is 0 Å². The van der Waals surface area contributed by atoms with E-state index in [1.165, 1.54) is 42.3 Å². The molecule has 1 aromatic heterocycles. The Morgan fingerprint density at radius 2 is 2.05 bits per heavy atom. The standard InChI is InChI=1S/C16H28BrN3/c1-4-18-14-9-7-6-8-13(10-14)11-15-16(17)12(3)19-20(15)5-2/h13-14,18H,4-11H2,1-3H3. The van der Waals surface area contributed by atoms with Gasteiger partial charge in [-0.1, -0.05) is 26.2 Å². The van der Waals surface area contributed by atoms with Crippen LogP contribution in [0.25, 0.3) is 0 Å². The summed E-state index contributed by atoms with van der Waals surface area (Å²) in [4.78, 5) is 0. The maximum Gasteiger partial charge on any atom is 0.0738 e. The lowest BCUT2D eigenvalue weighted by atomic mass is 9.93. The van der Waals surface area contributed by atoms with Crippen LogP contribution in [0, 0.1) is 12.8 Å². The van der Waals surface area contributed by atoms with Gasteiger partial charge in [0, 0.05) is 12.6 Å². The lowest BCUT2D eigenvalue weighted by Gasteiger charge is -2.21. The van der Waals surface area contributed by atoms with E-state index in [4.69, 9.17) is 0 Å². The van der Waals surface area contributed by atoms with Gasteiger partial charge in [0.05, 0.1) is 15.9 Å². The molecule has 0 aliphatic heterocycles. The van der Waals surface area contributed by atoms with Gasteiger partial charge in [-0.15, -0.1) is 0 Å². The van der Waals surface area contributed by atoms with Crippen molar-refractivity contribution in [3.05, 3.63) is 15.9 Å². The molecule has 3 nitrogen and oxygen atoms in total. The Balaban J connectivity index is 2.07. The van der Waals surface area contributed by atoms with Crippen molar-refractivity contribution >= 4 is 15.9 Å². The molecule has 0 aromatic carbocycles. The Morgan fingerprint density at radius 1 is 1.30 bits per heavy atom. The van der Waals surface area contributed by atoms with Crippen LogP contribution in [-0.4, -0.2) is 22.4 Å². The predicted molar refractivity (Wildman–Crippen MR) is 88.1 cm³/mol. The number of aromatic nitrogens is 2. The molecule has 0 bridgehead atoms. The molecule has 1 N–H and O–H groups in total. The summed E-state index contributed by atoms with van der Waals surface area (Å²) >= 11 is 3.74. The minimum Gasteiger partial charge on any atom is -0.314 e. The summed E-state index contributed by atoms with van der Waals surface area (Å²) in [6.07, 6.45) is 7.94. The number of aryl methyl sites for hydroxylation is 2. The van der Waals surface area contributed by atoms with Crippen LogP contribution in [0.4, 0.5) is 0 Å². The molecule has 4 heteroatoms. The zero-order valence-electron chi connectivity index (χ0n) is 13.1. The molecule has 2 rings (SSSR count). The Labute approximate surface area is 131 Å². The second-order valence-corrected chi connectivity index (χ2v) is 6.80. The third-order valence-corrected chi connectivity index (χ3v) is 5.49. The van der Waals surface area contributed by atoms with Crippen molar-refractivity contribution < 1.29 is 0 Å². The van der Waals surface area contributed by atoms with Gasteiger partial charge in [-0.05, 0) is 61.5 Å². The van der Waals surface area contributed by atoms with Crippen molar-refractivity contribution in [2.45, 2.75) is 71.9 Å². The third-order valence-electron chi connectivity index (χ3n) is 4.46. The van der Waals surface area contributed by atoms with Crippen molar-refractivity contribution in [1.29, 1.82) is 0 Å². The molecule has 2 unspecified atom stereocenters. The van der Waals surface area contributed by atoms with Gasteiger partial charge in [0.2, 0.25) is 0 Å². The van der Waals surface area contributed by atoms with E-state index in [2.05, 4.69) is 51.8 Å². The first kappa shape index (κ1) is 16.0. The van der Waals surface area contributed by atoms with Crippen LogP contribution in [-0.2, 0) is 13.0 Å². The van der Waals surface area contributed by atoms with Gasteiger partial charge in [0.25, 0.3) is 0 Å². The fourth-order valence-electron chi connectivity index (χ4n) is 3.46. The number of nitrogens with zero attached hydrogens (tertiary/aromatic N) is 2. The maximum absolute atomic E-state index is 4.63. The van der Waals surface area contributed by atoms with E-state index < -0.39 is 0 Å². The quantitative estimate of drug-likeness (QED) is 0.818. The minimum absolute atomic E-state index is 0.713. The molecule has 0 radical (unpaired) electrons. The van der Waals surface area contributed by atoms with Gasteiger partial charge >= 0.3 is 0 Å². The van der Waals surface area contributed by atoms with E-state index in [-0.39, 0.29) is 0 Å². The highest BCUT2D eigenvalue weighted by molar-refractivity contribution is 9.10. The summed E-state index contributed by atoms with van der Waals surface area (Å²) in [6.45, 7) is 8.54. The number of hydrogen-bond acceptors (Lipinski definition) is 2. The zero-order valence-corrected chi connectivity index (χ0v) is 14.7. The van der Waals surface area contributed by atoms with Gasteiger partial charge in [0.1, 0.15) is 0 Å². The van der Waals surface area contributed by atoms with Gasteiger partial charge in [-0.25, -0.2) is 0 Å². The van der Waals surface area contributed by atoms with Gasteiger partial charge in [-0.2, -0.15) is 5.10 Å². The Bertz CT molecular complexity index is 428. The molecular formula is C16H28BrN3. The number of rotatable bonds is 5. The Hall–Kier alpha value is -0.350. The fraction of sp³-hybridized carbons (Fsp3) is 0.812. The highest BCUT2D eigenvalue weighted by atomic mass is 79.9. The predicted octanol–water partition coefficient (Wildman–Crippen LogP) is 4.07. The van der Waals surface area contributed by atoms with Crippen LogP contribution in [0.5, 0.6) is 0 Å². The summed E-state index contributed by atoms with van der Waals surface area (Å²) in [5.41, 5.74) is 2.52. The second-order valence-electron chi connectivity index (χ2n) is 6.01. The number of nitrogens with one attached hydrogen (secondary N) is 1. The summed E-state index contributed by atoms with van der Waals surface area (Å²) in [7, 11) is 0. The molecular weight excluding hydrogens is 314 g/mol. The molecule has 0 spiro atoms. The monoisotopic (exact) mass is 341 g/mol. The van der Waals surface area contributed by atoms with Gasteiger partial charge < -0.3 is 5.32 Å². The van der Waals surface area contributed by atoms with Crippen LogP contribution in [0.2, 0.25) is 0 Å². The summed E-state index contributed by atoms with van der Waals surface area (Å²) in [5, 5.41) is 8.28. The summed E-state index contributed by atoms with van der Waals surface area (Å²) in [6, 6.07) is 0.713. The first-order chi connectivity index (χ1) is 9.65. The lowest BCUT2D eigenvalue weighted by Crippen LogP contribution is -2.30. The summed E-state index contributed by atoms with van der Waals surface area (Å²) in [5.74, 6) is 0.791. The zero-order chi connectivity index (χ0) is 14.5. The van der Waals surface area contributed by atoms with Gasteiger partial charge in [0.15, 0.2) is 0 Å². The van der Waals surface area contributed by atoms with E-state index in [0.717, 1.165) is 31.1 Å². The largest absolute Gasteiger partial charge is 0.314 e. The van der Waals surface area contributed by atoms with Crippen molar-refractivity contribution in [3.8, 4) is 0 Å². The van der Waals surface area contributed by atoms with E-state index in [9.17, 15) is 0 Å². The normalized spacial score (nSPS) is 23.8. The van der Waals surface area contributed by atoms with E-state index >= 15 is 0 Å². The first-order valence-electron chi connectivity index (χ1n) is 8.10. The molecule has 1 saturated carbocycles. The lowest BCUT2D eigenvalue weighted by molar-refractivity contribution is 0.381. The smallest absolute Gasteiger partial charge is 0.0738 e. The minimum atomic E-state index is 0.713. The Morgan fingerprint density at radius 3 is 2.75 bits per heavy atom. The van der Waals surface area contributed by atoms with Crippen molar-refractivity contribution in [2.75, 3.05) is 6.54 Å². The van der Waals surface area contributed by atoms with Crippen LogP contribution < -0.4 is 5.32 Å². The van der Waals surface area contributed by atoms with Crippen molar-refractivity contribution in [2.24, 2.45) is 5.92 Å². The molecule has 2 atom stereocenters. The van der Waals surface area contributed by atoms with Gasteiger partial charge in [-0.3, -0.25) is 4.68 Å². The molecule has 0 saturated heterocycles. The molecule has 0 amide bonds. The Kier molecular flexibility index (Phi) is 6.09. The number of hydrogen-bond donors (Lipinski definition) is 1. The summed E-state index contributed by atoms with van der Waals surface area (Å²) < 4.78 is 3.40. The number of halogens is 1. The molecule has 114 valence electrons. The highest BCUT2D eigenvalue weighted by Gasteiger charge is 2.23. The van der Waals surface area contributed by atoms with Crippen LogP contribution in [0.15, 0.2) is 4.47 Å². The SMILES string of the molecule is CCNC1CCCCC(Cc2c(Br)c(C)nn2CC)C1. The fourth-order valence-corrected chi connectivity index (χ4v) is 3.90. The van der Waals surface area contributed by atoms with Crippen LogP contribution >= 0.6 is 15.9 Å². The maximum atomic E-state index is 4.63. The molecule has 1 heterocycles. The van der Waals surface area contributed by atoms with Crippen molar-refractivity contribution in [1.82, 2.24) is 15.1 Å². The van der Waals surface area contributed by atoms with E-state index in [0.29, 0.717) is 6.04 Å². The second kappa shape index (κ2) is 7.60. The third kappa shape index (κ3) is 3.85. The molecule has 1 aliphatic carbocycles. The topological polar surface area (TPSA) is 29.9 Å². The van der Waals surface area contributed by atoms with Crippen molar-refractivity contribution in [3.63, 3.8) is 0 Å². The molecule has 20 heavy (non-hydrogen) atoms. The highest BCUT2D eigenvalue weighted by Crippen LogP contribution is 2.30. The molecule has 1 aromatic rings. The molecule has 1 fully saturated rings. The van der Waals surface area contributed by atoms with Crippen LogP contribution in [0.1, 0.15) is 57.3 Å². The first-order valence-corrected chi connectivity index (χ1v) is 8.90. The average Bonchev–Trinajstić information content (AvgIpc) is 2.61. The molecule has 1 aliphatic rings. The van der Waals surface area contributed by atoms with E-state index in [1.54, 1.807) is 0 Å². The van der Waals surface area contributed by atoms with Crippen LogP contribution in [0.3, 0.4) is 0 Å². The average molecular weight is 342 g/mol.